The maximum Gasteiger partial charge on any atom is 0.0596 e. The Balaban J connectivity index is 1.54. The normalized spacial score (nSPS) is 35.2. The molecule has 18 heavy (non-hydrogen) atoms. The topological polar surface area (TPSA) is 21.1 Å². The Morgan fingerprint density at radius 3 is 2.44 bits per heavy atom. The summed E-state index contributed by atoms with van der Waals surface area (Å²) in [7, 11) is 0. The number of rotatable bonds is 3. The maximum absolute atomic E-state index is 4.72. The summed E-state index contributed by atoms with van der Waals surface area (Å²) in [5.74, 6) is 2.66. The molecule has 1 aromatic heterocycles. The van der Waals surface area contributed by atoms with Gasteiger partial charge in [0.15, 0.2) is 0 Å². The number of hydrogen-bond donors (Lipinski definition) is 0. The number of aryl methyl sites for hydroxylation is 1. The van der Waals surface area contributed by atoms with Crippen LogP contribution in [-0.4, -0.2) is 33.8 Å². The Labute approximate surface area is 109 Å². The van der Waals surface area contributed by atoms with Gasteiger partial charge >= 0.3 is 0 Å². The van der Waals surface area contributed by atoms with E-state index in [0.717, 1.165) is 23.8 Å². The molecule has 2 heterocycles. The van der Waals surface area contributed by atoms with E-state index < -0.39 is 0 Å². The quantitative estimate of drug-likeness (QED) is 0.816. The highest BCUT2D eigenvalue weighted by Gasteiger charge is 2.58. The zero-order valence-electron chi connectivity index (χ0n) is 11.6. The van der Waals surface area contributed by atoms with Crippen LogP contribution in [0.4, 0.5) is 0 Å². The summed E-state index contributed by atoms with van der Waals surface area (Å²) in [5.41, 5.74) is 2.76. The SMILES string of the molecule is Cc1cc(C2C3CN(C(C)C)CC32)n(C2CC2)n1. The van der Waals surface area contributed by atoms with E-state index in [1.165, 1.54) is 31.6 Å². The smallest absolute Gasteiger partial charge is 0.0596 e. The maximum atomic E-state index is 4.72. The minimum atomic E-state index is 0.716. The standard InChI is InChI=1S/C15H23N3/c1-9(2)17-7-12-13(8-17)15(12)14-6-10(3)16-18(14)11-4-5-11/h6,9,11-13,15H,4-5,7-8H2,1-3H3. The van der Waals surface area contributed by atoms with Gasteiger partial charge in [0, 0.05) is 30.7 Å². The molecule has 0 spiro atoms. The van der Waals surface area contributed by atoms with E-state index in [2.05, 4.69) is 36.4 Å². The number of hydrogen-bond acceptors (Lipinski definition) is 2. The molecule has 0 aromatic carbocycles. The van der Waals surface area contributed by atoms with Gasteiger partial charge in [0.2, 0.25) is 0 Å². The van der Waals surface area contributed by atoms with Crippen LogP contribution in [0.1, 0.15) is 50.0 Å². The van der Waals surface area contributed by atoms with E-state index in [1.807, 2.05) is 0 Å². The summed E-state index contributed by atoms with van der Waals surface area (Å²) in [5, 5.41) is 4.72. The van der Waals surface area contributed by atoms with Gasteiger partial charge in [-0.25, -0.2) is 0 Å². The first-order valence-corrected chi connectivity index (χ1v) is 7.45. The van der Waals surface area contributed by atoms with Crippen molar-refractivity contribution >= 4 is 0 Å². The molecule has 98 valence electrons. The fraction of sp³-hybridized carbons (Fsp3) is 0.800. The lowest BCUT2D eigenvalue weighted by atomic mass is 10.1. The van der Waals surface area contributed by atoms with Crippen molar-refractivity contribution in [3.05, 3.63) is 17.5 Å². The predicted molar refractivity (Wildman–Crippen MR) is 71.7 cm³/mol. The number of aromatic nitrogens is 2. The van der Waals surface area contributed by atoms with E-state index in [0.29, 0.717) is 6.04 Å². The molecule has 0 radical (unpaired) electrons. The lowest BCUT2D eigenvalue weighted by molar-refractivity contribution is 0.241. The van der Waals surface area contributed by atoms with Crippen molar-refractivity contribution in [1.82, 2.24) is 14.7 Å². The Kier molecular flexibility index (Phi) is 2.20. The summed E-state index contributed by atoms with van der Waals surface area (Å²) in [6.07, 6.45) is 2.68. The number of fused-ring (bicyclic) bond motifs is 1. The van der Waals surface area contributed by atoms with Crippen LogP contribution < -0.4 is 0 Å². The minimum absolute atomic E-state index is 0.716. The first-order chi connectivity index (χ1) is 8.65. The van der Waals surface area contributed by atoms with Crippen LogP contribution in [0.15, 0.2) is 6.07 Å². The van der Waals surface area contributed by atoms with Crippen molar-refractivity contribution in [3.8, 4) is 0 Å². The summed E-state index contributed by atoms with van der Waals surface area (Å²) >= 11 is 0. The number of piperidine rings is 1. The van der Waals surface area contributed by atoms with Crippen molar-refractivity contribution in [2.45, 2.75) is 51.6 Å². The van der Waals surface area contributed by atoms with Crippen LogP contribution in [0.3, 0.4) is 0 Å². The highest BCUT2D eigenvalue weighted by atomic mass is 15.3. The van der Waals surface area contributed by atoms with Crippen LogP contribution in [0, 0.1) is 18.8 Å². The molecule has 1 aromatic rings. The van der Waals surface area contributed by atoms with Gasteiger partial charge in [0.25, 0.3) is 0 Å². The van der Waals surface area contributed by atoms with Crippen LogP contribution in [0.2, 0.25) is 0 Å². The average Bonchev–Trinajstić information content (AvgIpc) is 3.20. The molecule has 3 heteroatoms. The fourth-order valence-corrected chi connectivity index (χ4v) is 3.82. The molecule has 1 aliphatic heterocycles. The molecule has 0 amide bonds. The van der Waals surface area contributed by atoms with Crippen LogP contribution >= 0.6 is 0 Å². The van der Waals surface area contributed by atoms with Crippen molar-refractivity contribution in [1.29, 1.82) is 0 Å². The van der Waals surface area contributed by atoms with E-state index in [-0.39, 0.29) is 0 Å². The lowest BCUT2D eigenvalue weighted by Gasteiger charge is -2.23. The first kappa shape index (κ1) is 11.0. The molecular weight excluding hydrogens is 222 g/mol. The molecule has 3 aliphatic rings. The second-order valence-corrected chi connectivity index (χ2v) is 6.79. The molecule has 2 atom stereocenters. The molecule has 4 rings (SSSR count). The molecule has 2 saturated carbocycles. The zero-order chi connectivity index (χ0) is 12.4. The van der Waals surface area contributed by atoms with Crippen molar-refractivity contribution < 1.29 is 0 Å². The van der Waals surface area contributed by atoms with Gasteiger partial charge in [-0.05, 0) is 51.5 Å². The number of likely N-dealkylation sites (tertiary alicyclic amines) is 1. The molecule has 2 aliphatic carbocycles. The predicted octanol–water partition coefficient (Wildman–Crippen LogP) is 2.58. The molecule has 2 unspecified atom stereocenters. The highest BCUT2D eigenvalue weighted by Crippen LogP contribution is 2.59. The largest absolute Gasteiger partial charge is 0.300 e. The second kappa shape index (κ2) is 3.60. The average molecular weight is 245 g/mol. The van der Waals surface area contributed by atoms with Crippen molar-refractivity contribution in [2.24, 2.45) is 11.8 Å². The van der Waals surface area contributed by atoms with Gasteiger partial charge in [0.1, 0.15) is 0 Å². The van der Waals surface area contributed by atoms with Gasteiger partial charge in [-0.1, -0.05) is 0 Å². The second-order valence-electron chi connectivity index (χ2n) is 6.79. The summed E-state index contributed by atoms with van der Waals surface area (Å²) in [4.78, 5) is 2.64. The molecule has 3 nitrogen and oxygen atoms in total. The van der Waals surface area contributed by atoms with Gasteiger partial charge in [-0.3, -0.25) is 4.68 Å². The Morgan fingerprint density at radius 2 is 1.89 bits per heavy atom. The van der Waals surface area contributed by atoms with E-state index in [9.17, 15) is 0 Å². The highest BCUT2D eigenvalue weighted by molar-refractivity contribution is 5.28. The Morgan fingerprint density at radius 1 is 1.22 bits per heavy atom. The third kappa shape index (κ3) is 1.56. The number of nitrogens with zero attached hydrogens (tertiary/aromatic N) is 3. The Hall–Kier alpha value is -0.830. The zero-order valence-corrected chi connectivity index (χ0v) is 11.6. The molecule has 1 saturated heterocycles. The van der Waals surface area contributed by atoms with Gasteiger partial charge < -0.3 is 4.90 Å². The monoisotopic (exact) mass is 245 g/mol. The first-order valence-electron chi connectivity index (χ1n) is 7.45. The van der Waals surface area contributed by atoms with E-state index in [4.69, 9.17) is 5.10 Å². The van der Waals surface area contributed by atoms with Crippen LogP contribution in [-0.2, 0) is 0 Å². The van der Waals surface area contributed by atoms with Gasteiger partial charge in [-0.15, -0.1) is 0 Å². The minimum Gasteiger partial charge on any atom is -0.300 e. The summed E-state index contributed by atoms with van der Waals surface area (Å²) in [6.45, 7) is 9.39. The van der Waals surface area contributed by atoms with Gasteiger partial charge in [-0.2, -0.15) is 5.10 Å². The third-order valence-electron chi connectivity index (χ3n) is 5.07. The lowest BCUT2D eigenvalue weighted by Crippen LogP contribution is -2.31. The van der Waals surface area contributed by atoms with Crippen LogP contribution in [0.5, 0.6) is 0 Å². The Bertz CT molecular complexity index is 460. The molecule has 3 fully saturated rings. The van der Waals surface area contributed by atoms with Crippen molar-refractivity contribution in [3.63, 3.8) is 0 Å². The van der Waals surface area contributed by atoms with Gasteiger partial charge in [0.05, 0.1) is 11.7 Å². The third-order valence-corrected chi connectivity index (χ3v) is 5.07. The molecule has 0 N–H and O–H groups in total. The van der Waals surface area contributed by atoms with Crippen LogP contribution in [0.25, 0.3) is 0 Å². The van der Waals surface area contributed by atoms with E-state index >= 15 is 0 Å². The summed E-state index contributed by atoms with van der Waals surface area (Å²) in [6, 6.07) is 3.80. The molecule has 0 bridgehead atoms. The summed E-state index contributed by atoms with van der Waals surface area (Å²) < 4.78 is 2.36. The fourth-order valence-electron chi connectivity index (χ4n) is 3.82. The molecular formula is C15H23N3. The van der Waals surface area contributed by atoms with E-state index in [1.54, 1.807) is 5.69 Å². The van der Waals surface area contributed by atoms with Crippen molar-refractivity contribution in [2.75, 3.05) is 13.1 Å².